The summed E-state index contributed by atoms with van der Waals surface area (Å²) in [5, 5.41) is 8.57. The molecule has 0 aromatic carbocycles. The van der Waals surface area contributed by atoms with E-state index in [1.165, 1.54) is 6.20 Å². The summed E-state index contributed by atoms with van der Waals surface area (Å²) in [4.78, 5) is 0. The van der Waals surface area contributed by atoms with Crippen molar-refractivity contribution in [3.8, 4) is 0 Å². The molecular formula is C2H3AgN3S. The van der Waals surface area contributed by atoms with Crippen molar-refractivity contribution < 1.29 is 22.4 Å². The Labute approximate surface area is 61.0 Å². The van der Waals surface area contributed by atoms with Crippen molar-refractivity contribution in [3.63, 3.8) is 0 Å². The molecule has 1 rings (SSSR count). The van der Waals surface area contributed by atoms with Gasteiger partial charge in [-0.25, -0.2) is 5.21 Å². The quantitative estimate of drug-likeness (QED) is 0.481. The molecule has 0 saturated heterocycles. The van der Waals surface area contributed by atoms with Gasteiger partial charge >= 0.3 is 0 Å². The molecule has 1 aromatic heterocycles. The monoisotopic (exact) mass is 208 g/mol. The molecule has 0 bridgehead atoms. The third-order valence-electron chi connectivity index (χ3n) is 0.425. The minimum atomic E-state index is 0. The standard InChI is InChI=1S/C2H3N3S.Ag/c6-2-1-3-5-4-2;/h1H,(H2,3,4,5,6);. The van der Waals surface area contributed by atoms with E-state index >= 15 is 0 Å². The summed E-state index contributed by atoms with van der Waals surface area (Å²) in [6, 6.07) is 0. The van der Waals surface area contributed by atoms with Crippen LogP contribution in [-0.2, 0) is 22.4 Å². The predicted molar refractivity (Wildman–Crippen MR) is 23.8 cm³/mol. The van der Waals surface area contributed by atoms with Crippen LogP contribution in [0.2, 0.25) is 0 Å². The van der Waals surface area contributed by atoms with Crippen LogP contribution in [0.5, 0.6) is 0 Å². The molecule has 1 radical (unpaired) electrons. The molecule has 2 N–H and O–H groups in total. The van der Waals surface area contributed by atoms with Crippen molar-refractivity contribution in [1.29, 1.82) is 0 Å². The first kappa shape index (κ1) is 7.10. The molecular weight excluding hydrogens is 206 g/mol. The number of H-pyrrole nitrogens is 2. The zero-order valence-electron chi connectivity index (χ0n) is 3.23. The van der Waals surface area contributed by atoms with E-state index in [1.54, 1.807) is 0 Å². The topological polar surface area (TPSA) is 44.5 Å². The van der Waals surface area contributed by atoms with Crippen LogP contribution >= 0.6 is 12.2 Å². The Hall–Kier alpha value is 0.100. The molecule has 0 unspecified atom stereocenters. The smallest absolute Gasteiger partial charge is 0.139 e. The van der Waals surface area contributed by atoms with Crippen molar-refractivity contribution in [2.24, 2.45) is 0 Å². The van der Waals surface area contributed by atoms with Crippen molar-refractivity contribution in [1.82, 2.24) is 15.4 Å². The second kappa shape index (κ2) is 3.15. The van der Waals surface area contributed by atoms with Crippen molar-refractivity contribution in [2.75, 3.05) is 0 Å². The fourth-order valence-corrected chi connectivity index (χ4v) is 0.309. The first-order valence-corrected chi connectivity index (χ1v) is 1.88. The van der Waals surface area contributed by atoms with Crippen LogP contribution in [-0.4, -0.2) is 15.4 Å². The zero-order valence-corrected chi connectivity index (χ0v) is 5.53. The third-order valence-corrected chi connectivity index (χ3v) is 0.633. The van der Waals surface area contributed by atoms with Crippen LogP contribution in [0.25, 0.3) is 0 Å². The van der Waals surface area contributed by atoms with Gasteiger partial charge in [0.2, 0.25) is 0 Å². The Balaban J connectivity index is 0.000000360. The minimum Gasteiger partial charge on any atom is -0.273 e. The molecule has 0 fully saturated rings. The second-order valence-corrected chi connectivity index (χ2v) is 1.30. The number of hydrogen-bond acceptors (Lipinski definition) is 2. The van der Waals surface area contributed by atoms with Crippen LogP contribution in [0.3, 0.4) is 0 Å². The number of aromatic amines is 2. The van der Waals surface area contributed by atoms with Crippen LogP contribution in [0.15, 0.2) is 6.20 Å². The van der Waals surface area contributed by atoms with E-state index in [0.29, 0.717) is 4.64 Å². The summed E-state index contributed by atoms with van der Waals surface area (Å²) in [5.41, 5.74) is 0. The molecule has 0 spiro atoms. The average molecular weight is 209 g/mol. The van der Waals surface area contributed by atoms with Gasteiger partial charge in [0.05, 0.1) is 6.20 Å². The van der Waals surface area contributed by atoms with E-state index in [9.17, 15) is 0 Å². The molecule has 0 aliphatic rings. The normalized spacial score (nSPS) is 7.43. The second-order valence-electron chi connectivity index (χ2n) is 0.859. The Bertz CT molecular complexity index is 151. The molecule has 1 heterocycles. The maximum absolute atomic E-state index is 4.60. The molecule has 0 amide bonds. The van der Waals surface area contributed by atoms with Gasteiger partial charge in [0.15, 0.2) is 0 Å². The first-order chi connectivity index (χ1) is 2.89. The third kappa shape index (κ3) is 2.03. The van der Waals surface area contributed by atoms with Crippen LogP contribution in [0.4, 0.5) is 0 Å². The van der Waals surface area contributed by atoms with Gasteiger partial charge in [-0.2, -0.15) is 5.10 Å². The van der Waals surface area contributed by atoms with Gasteiger partial charge in [-0.15, -0.1) is 0 Å². The SMILES string of the molecule is S=c1cn[nH][nH]1.[Ag]. The Morgan fingerprint density at radius 1 is 1.71 bits per heavy atom. The van der Waals surface area contributed by atoms with Gasteiger partial charge in [-0.1, -0.05) is 12.2 Å². The van der Waals surface area contributed by atoms with E-state index in [4.69, 9.17) is 0 Å². The Morgan fingerprint density at radius 3 is 2.57 bits per heavy atom. The van der Waals surface area contributed by atoms with Gasteiger partial charge in [0, 0.05) is 22.4 Å². The van der Waals surface area contributed by atoms with Crippen molar-refractivity contribution in [3.05, 3.63) is 10.8 Å². The fourth-order valence-electron chi connectivity index (χ4n) is 0.211. The minimum absolute atomic E-state index is 0. The van der Waals surface area contributed by atoms with E-state index in [0.717, 1.165) is 0 Å². The van der Waals surface area contributed by atoms with Gasteiger partial charge in [-0.3, -0.25) is 5.10 Å². The number of aromatic nitrogens is 3. The maximum atomic E-state index is 4.60. The van der Waals surface area contributed by atoms with Crippen molar-refractivity contribution >= 4 is 12.2 Å². The van der Waals surface area contributed by atoms with Crippen molar-refractivity contribution in [2.45, 2.75) is 0 Å². The number of rotatable bonds is 0. The molecule has 0 aliphatic carbocycles. The number of nitrogens with zero attached hydrogens (tertiary/aromatic N) is 1. The molecule has 0 aliphatic heterocycles. The predicted octanol–water partition coefficient (Wildman–Crippen LogP) is 0.465. The molecule has 7 heavy (non-hydrogen) atoms. The number of hydrogen-bond donors (Lipinski definition) is 2. The van der Waals surface area contributed by atoms with Gasteiger partial charge < -0.3 is 0 Å². The first-order valence-electron chi connectivity index (χ1n) is 1.47. The van der Waals surface area contributed by atoms with Crippen LogP contribution in [0.1, 0.15) is 0 Å². The van der Waals surface area contributed by atoms with E-state index in [-0.39, 0.29) is 22.4 Å². The average Bonchev–Trinajstić information content (AvgIpc) is 1.86. The molecule has 3 nitrogen and oxygen atoms in total. The molecule has 1 aromatic rings. The molecule has 0 saturated carbocycles. The summed E-state index contributed by atoms with van der Waals surface area (Å²) >= 11 is 4.60. The van der Waals surface area contributed by atoms with Crippen LogP contribution < -0.4 is 0 Å². The zero-order chi connectivity index (χ0) is 4.41. The summed E-state index contributed by atoms with van der Waals surface area (Å²) in [6.45, 7) is 0. The molecule has 0 atom stereocenters. The largest absolute Gasteiger partial charge is 0.273 e. The summed E-state index contributed by atoms with van der Waals surface area (Å²) < 4.78 is 0.634. The van der Waals surface area contributed by atoms with E-state index in [1.807, 2.05) is 0 Å². The molecule has 43 valence electrons. The maximum Gasteiger partial charge on any atom is 0.139 e. The number of nitrogens with one attached hydrogen (secondary N) is 2. The fraction of sp³-hybridized carbons (Fsp3) is 0. The van der Waals surface area contributed by atoms with Crippen LogP contribution in [0, 0.1) is 4.64 Å². The Morgan fingerprint density at radius 2 is 2.43 bits per heavy atom. The summed E-state index contributed by atoms with van der Waals surface area (Å²) in [7, 11) is 0. The summed E-state index contributed by atoms with van der Waals surface area (Å²) in [5.74, 6) is 0. The van der Waals surface area contributed by atoms with Gasteiger partial charge in [0.1, 0.15) is 4.64 Å². The summed E-state index contributed by atoms with van der Waals surface area (Å²) in [6.07, 6.45) is 1.54. The Kier molecular flexibility index (Phi) is 3.19. The van der Waals surface area contributed by atoms with E-state index in [2.05, 4.69) is 27.6 Å². The van der Waals surface area contributed by atoms with E-state index < -0.39 is 0 Å². The van der Waals surface area contributed by atoms with Gasteiger partial charge in [0.25, 0.3) is 0 Å². The van der Waals surface area contributed by atoms with Gasteiger partial charge in [-0.05, 0) is 0 Å². The molecule has 5 heteroatoms.